The third kappa shape index (κ3) is 3.27. The number of piperazine rings is 1. The van der Waals surface area contributed by atoms with Gasteiger partial charge in [0.15, 0.2) is 0 Å². The average Bonchev–Trinajstić information content (AvgIpc) is 2.83. The van der Waals surface area contributed by atoms with Crippen LogP contribution < -0.4 is 10.1 Å². The van der Waals surface area contributed by atoms with Crippen LogP contribution in [0.1, 0.15) is 22.6 Å². The van der Waals surface area contributed by atoms with Gasteiger partial charge in [0.2, 0.25) is 0 Å². The van der Waals surface area contributed by atoms with Crippen molar-refractivity contribution in [3.63, 3.8) is 0 Å². The Balaban J connectivity index is 1.35. The molecule has 2 aliphatic rings. The van der Waals surface area contributed by atoms with E-state index in [0.717, 1.165) is 36.5 Å². The standard InChI is InChI=1S/C26H25N3O/c1-30-25-8-3-2-6-22(25)17-29-23-15-28-16-24(29)26(23)20-11-9-19(10-12-20)21-7-4-5-18(13-21)14-27/h2-13,23-24,26,28H,15-17H2,1H3/t23-,24+,26?. The van der Waals surface area contributed by atoms with Crippen molar-refractivity contribution in [3.05, 3.63) is 89.5 Å². The lowest BCUT2D eigenvalue weighted by molar-refractivity contribution is -0.0487. The first-order valence-corrected chi connectivity index (χ1v) is 10.5. The average molecular weight is 396 g/mol. The number of hydrogen-bond acceptors (Lipinski definition) is 4. The molecule has 3 aromatic rings. The van der Waals surface area contributed by atoms with Crippen LogP contribution in [0.15, 0.2) is 72.8 Å². The summed E-state index contributed by atoms with van der Waals surface area (Å²) in [6.45, 7) is 2.96. The van der Waals surface area contributed by atoms with E-state index in [4.69, 9.17) is 10.00 Å². The van der Waals surface area contributed by atoms with Gasteiger partial charge in [0.25, 0.3) is 0 Å². The zero-order chi connectivity index (χ0) is 20.5. The molecule has 3 aromatic carbocycles. The van der Waals surface area contributed by atoms with Crippen LogP contribution in [0.4, 0.5) is 0 Å². The third-order valence-electron chi connectivity index (χ3n) is 6.55. The fourth-order valence-electron chi connectivity index (χ4n) is 5.06. The monoisotopic (exact) mass is 395 g/mol. The molecule has 1 unspecified atom stereocenters. The van der Waals surface area contributed by atoms with E-state index in [1.807, 2.05) is 30.3 Å². The maximum absolute atomic E-state index is 9.15. The predicted octanol–water partition coefficient (Wildman–Crippen LogP) is 4.17. The number of fused-ring (bicyclic) bond motifs is 2. The second-order valence-electron chi connectivity index (χ2n) is 8.12. The van der Waals surface area contributed by atoms with E-state index in [0.29, 0.717) is 23.6 Å². The summed E-state index contributed by atoms with van der Waals surface area (Å²) in [4.78, 5) is 2.61. The molecule has 0 radical (unpaired) electrons. The number of ether oxygens (including phenoxy) is 1. The Morgan fingerprint density at radius 1 is 0.967 bits per heavy atom. The van der Waals surface area contributed by atoms with Gasteiger partial charge in [-0.1, -0.05) is 54.6 Å². The van der Waals surface area contributed by atoms with Crippen LogP contribution in [0.5, 0.6) is 5.75 Å². The molecular weight excluding hydrogens is 370 g/mol. The van der Waals surface area contributed by atoms with Crippen molar-refractivity contribution in [2.24, 2.45) is 0 Å². The molecule has 2 fully saturated rings. The summed E-state index contributed by atoms with van der Waals surface area (Å²) < 4.78 is 5.56. The highest BCUT2D eigenvalue weighted by atomic mass is 16.5. The summed E-state index contributed by atoms with van der Waals surface area (Å²) in [7, 11) is 1.74. The largest absolute Gasteiger partial charge is 0.496 e. The van der Waals surface area contributed by atoms with Crippen molar-refractivity contribution in [2.75, 3.05) is 20.2 Å². The maximum Gasteiger partial charge on any atom is 0.123 e. The van der Waals surface area contributed by atoms with Crippen LogP contribution in [0.25, 0.3) is 11.1 Å². The molecule has 2 saturated heterocycles. The van der Waals surface area contributed by atoms with Gasteiger partial charge in [-0.15, -0.1) is 0 Å². The summed E-state index contributed by atoms with van der Waals surface area (Å²) in [6, 6.07) is 28.3. The highest BCUT2D eigenvalue weighted by Crippen LogP contribution is 2.44. The number of para-hydroxylation sites is 1. The lowest BCUT2D eigenvalue weighted by atomic mass is 9.72. The van der Waals surface area contributed by atoms with Crippen molar-refractivity contribution < 1.29 is 4.74 Å². The lowest BCUT2D eigenvalue weighted by Crippen LogP contribution is -2.72. The maximum atomic E-state index is 9.15. The first-order valence-electron chi connectivity index (χ1n) is 10.5. The number of piperidine rings is 1. The molecule has 30 heavy (non-hydrogen) atoms. The number of rotatable bonds is 5. The summed E-state index contributed by atoms with van der Waals surface area (Å²) >= 11 is 0. The van der Waals surface area contributed by atoms with Gasteiger partial charge in [-0.2, -0.15) is 5.26 Å². The van der Waals surface area contributed by atoms with Crippen LogP contribution >= 0.6 is 0 Å². The lowest BCUT2D eigenvalue weighted by Gasteiger charge is -2.59. The van der Waals surface area contributed by atoms with E-state index >= 15 is 0 Å². The van der Waals surface area contributed by atoms with Crippen molar-refractivity contribution in [2.45, 2.75) is 24.5 Å². The SMILES string of the molecule is COc1ccccc1CN1[C@@H]2CNC[C@H]1C2c1ccc(-c2cccc(C#N)c2)cc1. The Kier molecular flexibility index (Phi) is 5.00. The normalized spacial score (nSPS) is 22.7. The van der Waals surface area contributed by atoms with Gasteiger partial charge in [0, 0.05) is 43.2 Å². The highest BCUT2D eigenvalue weighted by molar-refractivity contribution is 5.65. The first kappa shape index (κ1) is 18.9. The first-order chi connectivity index (χ1) is 14.8. The Bertz CT molecular complexity index is 1070. The van der Waals surface area contributed by atoms with Gasteiger partial charge in [-0.05, 0) is 34.9 Å². The number of methoxy groups -OCH3 is 1. The minimum Gasteiger partial charge on any atom is -0.496 e. The van der Waals surface area contributed by atoms with E-state index in [2.05, 4.69) is 58.8 Å². The van der Waals surface area contributed by atoms with Gasteiger partial charge >= 0.3 is 0 Å². The second kappa shape index (κ2) is 7.95. The number of hydrogen-bond donors (Lipinski definition) is 1. The van der Waals surface area contributed by atoms with Crippen LogP contribution in [0.2, 0.25) is 0 Å². The molecule has 2 heterocycles. The summed E-state index contributed by atoms with van der Waals surface area (Å²) in [5, 5.41) is 12.7. The molecule has 4 nitrogen and oxygen atoms in total. The smallest absolute Gasteiger partial charge is 0.123 e. The van der Waals surface area contributed by atoms with Crippen molar-refractivity contribution >= 4 is 0 Å². The molecule has 0 aromatic heterocycles. The van der Waals surface area contributed by atoms with Crippen LogP contribution in [0, 0.1) is 11.3 Å². The summed E-state index contributed by atoms with van der Waals surface area (Å²) in [5.74, 6) is 1.52. The number of benzene rings is 3. The Hall–Kier alpha value is -3.13. The molecule has 1 N–H and O–H groups in total. The fraction of sp³-hybridized carbons (Fsp3) is 0.269. The molecule has 150 valence electrons. The molecule has 0 saturated carbocycles. The Morgan fingerprint density at radius 3 is 2.47 bits per heavy atom. The zero-order valence-electron chi connectivity index (χ0n) is 17.1. The molecule has 5 rings (SSSR count). The number of nitriles is 1. The van der Waals surface area contributed by atoms with Gasteiger partial charge in [0.05, 0.1) is 18.7 Å². The molecule has 0 aliphatic carbocycles. The molecule has 2 bridgehead atoms. The molecule has 2 aliphatic heterocycles. The molecule has 3 atom stereocenters. The second-order valence-corrected chi connectivity index (χ2v) is 8.12. The summed E-state index contributed by atoms with van der Waals surface area (Å²) in [5.41, 5.74) is 5.60. The van der Waals surface area contributed by atoms with Crippen molar-refractivity contribution in [1.29, 1.82) is 5.26 Å². The van der Waals surface area contributed by atoms with Gasteiger partial charge < -0.3 is 10.1 Å². The quantitative estimate of drug-likeness (QED) is 0.704. The predicted molar refractivity (Wildman–Crippen MR) is 118 cm³/mol. The van der Waals surface area contributed by atoms with Gasteiger partial charge in [-0.25, -0.2) is 0 Å². The molecule has 4 heteroatoms. The van der Waals surface area contributed by atoms with E-state index < -0.39 is 0 Å². The van der Waals surface area contributed by atoms with E-state index in [9.17, 15) is 0 Å². The van der Waals surface area contributed by atoms with Crippen LogP contribution in [-0.2, 0) is 6.54 Å². The third-order valence-corrected chi connectivity index (χ3v) is 6.55. The van der Waals surface area contributed by atoms with E-state index in [-0.39, 0.29) is 0 Å². The highest BCUT2D eigenvalue weighted by Gasteiger charge is 2.51. The Morgan fingerprint density at radius 2 is 1.73 bits per heavy atom. The van der Waals surface area contributed by atoms with Gasteiger partial charge in [0.1, 0.15) is 5.75 Å². The van der Waals surface area contributed by atoms with Crippen LogP contribution in [0.3, 0.4) is 0 Å². The topological polar surface area (TPSA) is 48.3 Å². The van der Waals surface area contributed by atoms with Crippen molar-refractivity contribution in [3.8, 4) is 22.9 Å². The van der Waals surface area contributed by atoms with Crippen molar-refractivity contribution in [1.82, 2.24) is 10.2 Å². The molecule has 0 spiro atoms. The van der Waals surface area contributed by atoms with Gasteiger partial charge in [-0.3, -0.25) is 4.90 Å². The van der Waals surface area contributed by atoms with E-state index in [1.165, 1.54) is 11.1 Å². The van der Waals surface area contributed by atoms with E-state index in [1.54, 1.807) is 7.11 Å². The number of nitrogens with zero attached hydrogens (tertiary/aromatic N) is 2. The van der Waals surface area contributed by atoms with Crippen LogP contribution in [-0.4, -0.2) is 37.2 Å². The minimum atomic E-state index is 0.501. The summed E-state index contributed by atoms with van der Waals surface area (Å²) in [6.07, 6.45) is 0. The molecular formula is C26H25N3O. The minimum absolute atomic E-state index is 0.501. The Labute approximate surface area is 177 Å². The number of nitrogens with one attached hydrogen (secondary N) is 1. The fourth-order valence-corrected chi connectivity index (χ4v) is 5.06. The zero-order valence-corrected chi connectivity index (χ0v) is 17.1. The molecule has 0 amide bonds.